The Kier molecular flexibility index (Phi) is 7.76. The minimum Gasteiger partial charge on any atom is -0.396 e. The fourth-order valence-electron chi connectivity index (χ4n) is 2.79. The molecule has 2 amide bonds. The molecule has 7 nitrogen and oxygen atoms in total. The summed E-state index contributed by atoms with van der Waals surface area (Å²) in [6.45, 7) is 4.62. The SMILES string of the molecule is CC(C)(CO)CCCNC(=O)N[C@@H]1CCCC[C@@H]1NS(C)(=O)=O. The van der Waals surface area contributed by atoms with Crippen LogP contribution in [0.1, 0.15) is 52.4 Å². The van der Waals surface area contributed by atoms with E-state index in [0.717, 1.165) is 44.8 Å². The first-order chi connectivity index (χ1) is 10.6. The largest absolute Gasteiger partial charge is 0.396 e. The zero-order valence-electron chi connectivity index (χ0n) is 14.4. The average Bonchev–Trinajstić information content (AvgIpc) is 2.44. The van der Waals surface area contributed by atoms with Gasteiger partial charge in [0.05, 0.1) is 6.26 Å². The second kappa shape index (κ2) is 8.84. The van der Waals surface area contributed by atoms with Gasteiger partial charge in [0.25, 0.3) is 0 Å². The molecule has 136 valence electrons. The normalized spacial score (nSPS) is 22.6. The van der Waals surface area contributed by atoms with Crippen molar-refractivity contribution in [1.29, 1.82) is 0 Å². The van der Waals surface area contributed by atoms with Crippen LogP contribution in [0.5, 0.6) is 0 Å². The van der Waals surface area contributed by atoms with Crippen LogP contribution in [0.15, 0.2) is 0 Å². The number of hydrogen-bond donors (Lipinski definition) is 4. The number of nitrogens with one attached hydrogen (secondary N) is 3. The molecule has 1 rings (SSSR count). The van der Waals surface area contributed by atoms with Crippen molar-refractivity contribution in [3.8, 4) is 0 Å². The average molecular weight is 349 g/mol. The molecule has 0 aromatic heterocycles. The molecule has 1 saturated carbocycles. The van der Waals surface area contributed by atoms with E-state index in [4.69, 9.17) is 0 Å². The van der Waals surface area contributed by atoms with E-state index in [9.17, 15) is 18.3 Å². The molecular formula is C15H31N3O4S. The van der Waals surface area contributed by atoms with Crippen molar-refractivity contribution in [2.75, 3.05) is 19.4 Å². The van der Waals surface area contributed by atoms with E-state index < -0.39 is 10.0 Å². The number of aliphatic hydroxyl groups excluding tert-OH is 1. The number of sulfonamides is 1. The molecule has 4 N–H and O–H groups in total. The smallest absolute Gasteiger partial charge is 0.315 e. The second-order valence-corrected chi connectivity index (χ2v) is 8.99. The van der Waals surface area contributed by atoms with E-state index in [1.807, 2.05) is 13.8 Å². The molecule has 8 heteroatoms. The topological polar surface area (TPSA) is 108 Å². The van der Waals surface area contributed by atoms with Crippen molar-refractivity contribution in [2.24, 2.45) is 5.41 Å². The predicted molar refractivity (Wildman–Crippen MR) is 90.7 cm³/mol. The summed E-state index contributed by atoms with van der Waals surface area (Å²) in [6.07, 6.45) is 6.21. The monoisotopic (exact) mass is 349 g/mol. The Morgan fingerprint density at radius 1 is 1.22 bits per heavy atom. The van der Waals surface area contributed by atoms with Gasteiger partial charge in [-0.2, -0.15) is 0 Å². The Hall–Kier alpha value is -0.860. The van der Waals surface area contributed by atoms with Crippen LogP contribution < -0.4 is 15.4 Å². The standard InChI is InChI=1S/C15H31N3O4S/c1-15(2,11-19)9-6-10-16-14(20)17-12-7-4-5-8-13(12)18-23(3,21)22/h12-13,18-19H,4-11H2,1-3H3,(H2,16,17,20)/t12-,13+/m1/s1. The van der Waals surface area contributed by atoms with Gasteiger partial charge in [-0.25, -0.2) is 17.9 Å². The highest BCUT2D eigenvalue weighted by atomic mass is 32.2. The number of carbonyl (C=O) groups is 1. The molecule has 23 heavy (non-hydrogen) atoms. The summed E-state index contributed by atoms with van der Waals surface area (Å²) in [4.78, 5) is 12.0. The minimum atomic E-state index is -3.28. The van der Waals surface area contributed by atoms with Gasteiger partial charge in [0.15, 0.2) is 0 Å². The molecular weight excluding hydrogens is 318 g/mol. The fourth-order valence-corrected chi connectivity index (χ4v) is 3.62. The van der Waals surface area contributed by atoms with Gasteiger partial charge < -0.3 is 15.7 Å². The maximum atomic E-state index is 12.0. The minimum absolute atomic E-state index is 0.125. The van der Waals surface area contributed by atoms with Crippen molar-refractivity contribution < 1.29 is 18.3 Å². The summed E-state index contributed by atoms with van der Waals surface area (Å²) in [5.41, 5.74) is -0.133. The zero-order chi connectivity index (χ0) is 17.5. The van der Waals surface area contributed by atoms with E-state index in [1.165, 1.54) is 0 Å². The van der Waals surface area contributed by atoms with Crippen molar-refractivity contribution in [3.63, 3.8) is 0 Å². The van der Waals surface area contributed by atoms with Gasteiger partial charge >= 0.3 is 6.03 Å². The van der Waals surface area contributed by atoms with Crippen molar-refractivity contribution in [2.45, 2.75) is 64.5 Å². The third-order valence-electron chi connectivity index (χ3n) is 4.19. The molecule has 0 aliphatic heterocycles. The zero-order valence-corrected chi connectivity index (χ0v) is 15.2. The lowest BCUT2D eigenvalue weighted by Crippen LogP contribution is -2.55. The van der Waals surface area contributed by atoms with Crippen molar-refractivity contribution in [3.05, 3.63) is 0 Å². The molecule has 0 radical (unpaired) electrons. The van der Waals surface area contributed by atoms with Gasteiger partial charge in [-0.3, -0.25) is 0 Å². The Morgan fingerprint density at radius 3 is 2.39 bits per heavy atom. The Labute approximate surface area is 139 Å². The van der Waals surface area contributed by atoms with Gasteiger partial charge in [0, 0.05) is 25.2 Å². The molecule has 0 aromatic rings. The molecule has 0 saturated heterocycles. The third kappa shape index (κ3) is 8.53. The number of aliphatic hydroxyl groups is 1. The van der Waals surface area contributed by atoms with Gasteiger partial charge in [-0.05, 0) is 31.1 Å². The van der Waals surface area contributed by atoms with Gasteiger partial charge in [0.1, 0.15) is 0 Å². The van der Waals surface area contributed by atoms with Crippen LogP contribution in [0.4, 0.5) is 4.79 Å². The van der Waals surface area contributed by atoms with E-state index in [0.29, 0.717) is 6.54 Å². The van der Waals surface area contributed by atoms with Gasteiger partial charge in [0.2, 0.25) is 10.0 Å². The summed E-state index contributed by atoms with van der Waals surface area (Å²) in [5, 5.41) is 14.9. The number of rotatable bonds is 8. The fraction of sp³-hybridized carbons (Fsp3) is 0.933. The summed E-state index contributed by atoms with van der Waals surface area (Å²) in [7, 11) is -3.28. The Bertz CT molecular complexity index is 479. The highest BCUT2D eigenvalue weighted by molar-refractivity contribution is 7.88. The quantitative estimate of drug-likeness (QED) is 0.489. The first-order valence-electron chi connectivity index (χ1n) is 8.25. The van der Waals surface area contributed by atoms with E-state index in [-0.39, 0.29) is 30.1 Å². The molecule has 0 aromatic carbocycles. The first kappa shape index (κ1) is 20.2. The number of urea groups is 1. The van der Waals surface area contributed by atoms with Crippen LogP contribution in [0.25, 0.3) is 0 Å². The highest BCUT2D eigenvalue weighted by Gasteiger charge is 2.28. The number of carbonyl (C=O) groups excluding carboxylic acids is 1. The Morgan fingerprint density at radius 2 is 1.83 bits per heavy atom. The van der Waals surface area contributed by atoms with Crippen LogP contribution >= 0.6 is 0 Å². The highest BCUT2D eigenvalue weighted by Crippen LogP contribution is 2.21. The van der Waals surface area contributed by atoms with Crippen LogP contribution in [0.3, 0.4) is 0 Å². The van der Waals surface area contributed by atoms with Crippen LogP contribution in [-0.4, -0.2) is 51.0 Å². The maximum absolute atomic E-state index is 12.0. The van der Waals surface area contributed by atoms with Crippen LogP contribution in [0, 0.1) is 5.41 Å². The molecule has 0 unspecified atom stereocenters. The Balaban J connectivity index is 2.36. The van der Waals surface area contributed by atoms with Crippen LogP contribution in [0.2, 0.25) is 0 Å². The number of hydrogen-bond acceptors (Lipinski definition) is 4. The molecule has 0 spiro atoms. The predicted octanol–water partition coefficient (Wildman–Crippen LogP) is 0.945. The molecule has 1 fully saturated rings. The van der Waals surface area contributed by atoms with Crippen LogP contribution in [-0.2, 0) is 10.0 Å². The lowest BCUT2D eigenvalue weighted by atomic mass is 9.89. The molecule has 0 bridgehead atoms. The summed E-state index contributed by atoms with van der Waals surface area (Å²) in [6, 6.07) is -0.677. The third-order valence-corrected chi connectivity index (χ3v) is 4.92. The van der Waals surface area contributed by atoms with Crippen molar-refractivity contribution in [1.82, 2.24) is 15.4 Å². The number of amides is 2. The lowest BCUT2D eigenvalue weighted by molar-refractivity contribution is 0.148. The molecule has 0 heterocycles. The van der Waals surface area contributed by atoms with E-state index in [1.54, 1.807) is 0 Å². The van der Waals surface area contributed by atoms with E-state index >= 15 is 0 Å². The summed E-state index contributed by atoms with van der Waals surface area (Å²) in [5.74, 6) is 0. The van der Waals surface area contributed by atoms with E-state index in [2.05, 4.69) is 15.4 Å². The lowest BCUT2D eigenvalue weighted by Gasteiger charge is -2.32. The maximum Gasteiger partial charge on any atom is 0.315 e. The van der Waals surface area contributed by atoms with Gasteiger partial charge in [-0.15, -0.1) is 0 Å². The summed E-state index contributed by atoms with van der Waals surface area (Å²) < 4.78 is 25.4. The first-order valence-corrected chi connectivity index (χ1v) is 10.1. The summed E-state index contributed by atoms with van der Waals surface area (Å²) >= 11 is 0. The second-order valence-electron chi connectivity index (χ2n) is 7.21. The van der Waals surface area contributed by atoms with Gasteiger partial charge in [-0.1, -0.05) is 26.7 Å². The van der Waals surface area contributed by atoms with Crippen molar-refractivity contribution >= 4 is 16.1 Å². The molecule has 1 aliphatic carbocycles. The molecule has 2 atom stereocenters. The molecule has 1 aliphatic rings.